The van der Waals surface area contributed by atoms with E-state index in [-0.39, 0.29) is 5.82 Å². The Morgan fingerprint density at radius 2 is 1.59 bits per heavy atom. The Kier molecular flexibility index (Phi) is 5.25. The average molecular weight is 369 g/mol. The van der Waals surface area contributed by atoms with Gasteiger partial charge in [-0.3, -0.25) is 4.79 Å². The third-order valence-electron chi connectivity index (χ3n) is 3.97. The quantitative estimate of drug-likeness (QED) is 0.712. The van der Waals surface area contributed by atoms with Gasteiger partial charge >= 0.3 is 0 Å². The molecule has 0 radical (unpaired) electrons. The standard InChI is InChI=1S/C19H19N3O5/c1-11-5-7-12(8-6-11)16-18(22-27-21-16)20-19(23)13-9-14(24-2)17(26-4)15(10-13)25-3/h5-10H,1-4H3,(H,20,22,23). The Balaban J connectivity index is 1.91. The van der Waals surface area contributed by atoms with Crippen LogP contribution in [0, 0.1) is 6.92 Å². The molecular weight excluding hydrogens is 350 g/mol. The lowest BCUT2D eigenvalue weighted by molar-refractivity contribution is 0.102. The van der Waals surface area contributed by atoms with Crippen molar-refractivity contribution in [3.8, 4) is 28.5 Å². The number of nitrogens with one attached hydrogen (secondary N) is 1. The Bertz CT molecular complexity index is 925. The van der Waals surface area contributed by atoms with E-state index in [0.29, 0.717) is 28.5 Å². The topological polar surface area (TPSA) is 95.7 Å². The summed E-state index contributed by atoms with van der Waals surface area (Å²) in [5, 5.41) is 10.4. The van der Waals surface area contributed by atoms with Gasteiger partial charge in [-0.2, -0.15) is 0 Å². The van der Waals surface area contributed by atoms with E-state index in [1.54, 1.807) is 12.1 Å². The third-order valence-corrected chi connectivity index (χ3v) is 3.97. The SMILES string of the molecule is COc1cc(C(=O)Nc2nonc2-c2ccc(C)cc2)cc(OC)c1OC. The Morgan fingerprint density at radius 1 is 0.963 bits per heavy atom. The molecule has 0 aliphatic heterocycles. The van der Waals surface area contributed by atoms with E-state index in [4.69, 9.17) is 18.8 Å². The van der Waals surface area contributed by atoms with Gasteiger partial charge in [0, 0.05) is 11.1 Å². The summed E-state index contributed by atoms with van der Waals surface area (Å²) in [7, 11) is 4.46. The molecule has 0 spiro atoms. The summed E-state index contributed by atoms with van der Waals surface area (Å²) in [5.41, 5.74) is 2.64. The number of hydrogen-bond donors (Lipinski definition) is 1. The fourth-order valence-electron chi connectivity index (χ4n) is 2.56. The van der Waals surface area contributed by atoms with Crippen LogP contribution < -0.4 is 19.5 Å². The number of benzene rings is 2. The lowest BCUT2D eigenvalue weighted by Crippen LogP contribution is -2.13. The second kappa shape index (κ2) is 7.77. The van der Waals surface area contributed by atoms with Crippen molar-refractivity contribution in [2.24, 2.45) is 0 Å². The molecule has 0 bridgehead atoms. The predicted molar refractivity (Wildman–Crippen MR) is 98.5 cm³/mol. The zero-order chi connectivity index (χ0) is 19.4. The second-order valence-electron chi connectivity index (χ2n) is 5.70. The van der Waals surface area contributed by atoms with E-state index in [0.717, 1.165) is 11.1 Å². The van der Waals surface area contributed by atoms with E-state index in [2.05, 4.69) is 15.6 Å². The minimum atomic E-state index is -0.418. The fraction of sp³-hybridized carbons (Fsp3) is 0.211. The van der Waals surface area contributed by atoms with Gasteiger partial charge in [-0.25, -0.2) is 4.63 Å². The van der Waals surface area contributed by atoms with Gasteiger partial charge in [0.05, 0.1) is 21.3 Å². The maximum atomic E-state index is 12.7. The molecule has 0 fully saturated rings. The number of rotatable bonds is 6. The zero-order valence-electron chi connectivity index (χ0n) is 15.4. The number of aryl methyl sites for hydroxylation is 1. The first-order valence-corrected chi connectivity index (χ1v) is 8.08. The van der Waals surface area contributed by atoms with Crippen molar-refractivity contribution in [3.05, 3.63) is 47.5 Å². The highest BCUT2D eigenvalue weighted by atomic mass is 16.6. The molecule has 0 unspecified atom stereocenters. The van der Waals surface area contributed by atoms with Crippen LogP contribution in [0.25, 0.3) is 11.3 Å². The molecule has 1 N–H and O–H groups in total. The van der Waals surface area contributed by atoms with Gasteiger partial charge in [0.1, 0.15) is 0 Å². The molecular formula is C19H19N3O5. The molecule has 0 saturated heterocycles. The van der Waals surface area contributed by atoms with Crippen molar-refractivity contribution in [2.75, 3.05) is 26.6 Å². The van der Waals surface area contributed by atoms with Crippen molar-refractivity contribution in [1.29, 1.82) is 0 Å². The van der Waals surface area contributed by atoms with E-state index in [1.807, 2.05) is 31.2 Å². The molecule has 0 atom stereocenters. The molecule has 1 aromatic heterocycles. The van der Waals surface area contributed by atoms with Crippen LogP contribution in [0.2, 0.25) is 0 Å². The van der Waals surface area contributed by atoms with Crippen molar-refractivity contribution in [3.63, 3.8) is 0 Å². The third kappa shape index (κ3) is 3.69. The van der Waals surface area contributed by atoms with Gasteiger partial charge in [0.25, 0.3) is 5.91 Å². The number of amides is 1. The van der Waals surface area contributed by atoms with Crippen molar-refractivity contribution in [1.82, 2.24) is 10.3 Å². The van der Waals surface area contributed by atoms with Crippen molar-refractivity contribution < 1.29 is 23.6 Å². The summed E-state index contributed by atoms with van der Waals surface area (Å²) in [6.07, 6.45) is 0. The summed E-state index contributed by atoms with van der Waals surface area (Å²) in [5.74, 6) is 0.953. The molecule has 0 aliphatic rings. The van der Waals surface area contributed by atoms with Crippen LogP contribution in [-0.2, 0) is 0 Å². The minimum Gasteiger partial charge on any atom is -0.493 e. The van der Waals surface area contributed by atoms with Gasteiger partial charge in [0.2, 0.25) is 11.6 Å². The largest absolute Gasteiger partial charge is 0.493 e. The van der Waals surface area contributed by atoms with Crippen LogP contribution in [0.3, 0.4) is 0 Å². The molecule has 3 rings (SSSR count). The van der Waals surface area contributed by atoms with Crippen LogP contribution >= 0.6 is 0 Å². The van der Waals surface area contributed by atoms with Gasteiger partial charge in [-0.1, -0.05) is 29.8 Å². The molecule has 1 amide bonds. The highest BCUT2D eigenvalue weighted by Gasteiger charge is 2.20. The van der Waals surface area contributed by atoms with Gasteiger partial charge in [-0.15, -0.1) is 0 Å². The Labute approximate surface area is 156 Å². The highest BCUT2D eigenvalue weighted by molar-refractivity contribution is 6.06. The molecule has 140 valence electrons. The van der Waals surface area contributed by atoms with E-state index >= 15 is 0 Å². The maximum absolute atomic E-state index is 12.7. The highest BCUT2D eigenvalue weighted by Crippen LogP contribution is 2.38. The Morgan fingerprint density at radius 3 is 2.15 bits per heavy atom. The van der Waals surface area contributed by atoms with Crippen LogP contribution in [0.15, 0.2) is 41.0 Å². The van der Waals surface area contributed by atoms with E-state index < -0.39 is 5.91 Å². The number of carbonyl (C=O) groups excluding carboxylic acids is 1. The number of aromatic nitrogens is 2. The maximum Gasteiger partial charge on any atom is 0.257 e. The molecule has 27 heavy (non-hydrogen) atoms. The molecule has 8 heteroatoms. The van der Waals surface area contributed by atoms with Gasteiger partial charge in [0.15, 0.2) is 17.2 Å². The van der Waals surface area contributed by atoms with Gasteiger partial charge in [-0.05, 0) is 29.4 Å². The number of methoxy groups -OCH3 is 3. The zero-order valence-corrected chi connectivity index (χ0v) is 15.4. The number of anilines is 1. The lowest BCUT2D eigenvalue weighted by Gasteiger charge is -2.13. The number of nitrogens with zero attached hydrogens (tertiary/aromatic N) is 2. The van der Waals surface area contributed by atoms with Crippen LogP contribution in [-0.4, -0.2) is 37.5 Å². The summed E-state index contributed by atoms with van der Waals surface area (Å²) in [6.45, 7) is 1.98. The van der Waals surface area contributed by atoms with Crippen LogP contribution in [0.1, 0.15) is 15.9 Å². The Hall–Kier alpha value is -3.55. The van der Waals surface area contributed by atoms with E-state index in [1.165, 1.54) is 21.3 Å². The van der Waals surface area contributed by atoms with Crippen LogP contribution in [0.5, 0.6) is 17.2 Å². The normalized spacial score (nSPS) is 10.4. The summed E-state index contributed by atoms with van der Waals surface area (Å²) in [4.78, 5) is 12.7. The molecule has 0 aliphatic carbocycles. The first kappa shape index (κ1) is 18.2. The molecule has 1 heterocycles. The van der Waals surface area contributed by atoms with Crippen molar-refractivity contribution >= 4 is 11.7 Å². The van der Waals surface area contributed by atoms with E-state index in [9.17, 15) is 4.79 Å². The number of carbonyl (C=O) groups is 1. The van der Waals surface area contributed by atoms with Gasteiger partial charge < -0.3 is 19.5 Å². The fourth-order valence-corrected chi connectivity index (χ4v) is 2.56. The minimum absolute atomic E-state index is 0.220. The summed E-state index contributed by atoms with van der Waals surface area (Å²) >= 11 is 0. The molecule has 2 aromatic carbocycles. The summed E-state index contributed by atoms with van der Waals surface area (Å²) < 4.78 is 20.6. The molecule has 3 aromatic rings. The first-order valence-electron chi connectivity index (χ1n) is 8.08. The predicted octanol–water partition coefficient (Wildman–Crippen LogP) is 3.32. The first-order chi connectivity index (χ1) is 13.1. The number of hydrogen-bond acceptors (Lipinski definition) is 7. The van der Waals surface area contributed by atoms with Crippen molar-refractivity contribution in [2.45, 2.75) is 6.92 Å². The van der Waals surface area contributed by atoms with Crippen LogP contribution in [0.4, 0.5) is 5.82 Å². The number of ether oxygens (including phenoxy) is 3. The average Bonchev–Trinajstić information content (AvgIpc) is 3.15. The summed E-state index contributed by atoms with van der Waals surface area (Å²) in [6, 6.07) is 10.7. The monoisotopic (exact) mass is 369 g/mol. The molecule has 0 saturated carbocycles. The second-order valence-corrected chi connectivity index (χ2v) is 5.70. The lowest BCUT2D eigenvalue weighted by atomic mass is 10.1. The smallest absolute Gasteiger partial charge is 0.257 e. The molecule has 8 nitrogen and oxygen atoms in total.